The number of hydrogen-bond donors (Lipinski definition) is 1. The maximum Gasteiger partial charge on any atom is 0.122 e. The van der Waals surface area contributed by atoms with Gasteiger partial charge in [0.1, 0.15) is 5.75 Å². The van der Waals surface area contributed by atoms with Gasteiger partial charge >= 0.3 is 0 Å². The van der Waals surface area contributed by atoms with Crippen LogP contribution in [-0.2, 0) is 4.74 Å². The first-order valence-corrected chi connectivity index (χ1v) is 7.69. The molecular formula is C15H18BrN3O2. The van der Waals surface area contributed by atoms with Gasteiger partial charge in [-0.15, -0.1) is 0 Å². The van der Waals surface area contributed by atoms with Crippen molar-refractivity contribution in [3.05, 3.63) is 40.9 Å². The molecule has 2 heterocycles. The summed E-state index contributed by atoms with van der Waals surface area (Å²) in [5, 5.41) is 0. The molecule has 0 saturated carbocycles. The molecule has 5 nitrogen and oxygen atoms in total. The molecule has 1 fully saturated rings. The van der Waals surface area contributed by atoms with Crippen molar-refractivity contribution in [2.45, 2.75) is 12.5 Å². The fourth-order valence-electron chi connectivity index (χ4n) is 2.65. The topological polar surface area (TPSA) is 62.3 Å². The van der Waals surface area contributed by atoms with Crippen LogP contribution in [0.2, 0.25) is 0 Å². The van der Waals surface area contributed by atoms with Crippen LogP contribution in [0.25, 0.3) is 5.69 Å². The first-order chi connectivity index (χ1) is 10.2. The van der Waals surface area contributed by atoms with Gasteiger partial charge in [0.25, 0.3) is 0 Å². The number of halogens is 1. The first kappa shape index (κ1) is 14.6. The molecule has 0 spiro atoms. The number of hydrogen-bond acceptors (Lipinski definition) is 4. The van der Waals surface area contributed by atoms with E-state index in [1.54, 1.807) is 13.4 Å². The van der Waals surface area contributed by atoms with E-state index < -0.39 is 0 Å². The molecule has 2 N–H and O–H groups in total. The van der Waals surface area contributed by atoms with Crippen LogP contribution in [0.15, 0.2) is 35.2 Å². The summed E-state index contributed by atoms with van der Waals surface area (Å²) in [6, 6.07) is 5.82. The van der Waals surface area contributed by atoms with Crippen LogP contribution >= 0.6 is 15.9 Å². The Morgan fingerprint density at radius 2 is 2.33 bits per heavy atom. The molecule has 2 atom stereocenters. The third-order valence-electron chi connectivity index (χ3n) is 3.85. The number of benzene rings is 1. The molecule has 21 heavy (non-hydrogen) atoms. The Kier molecular flexibility index (Phi) is 4.28. The molecule has 1 aromatic carbocycles. The third-order valence-corrected chi connectivity index (χ3v) is 4.31. The molecule has 0 aliphatic carbocycles. The van der Waals surface area contributed by atoms with E-state index in [0.717, 1.165) is 34.6 Å². The molecule has 0 radical (unpaired) electrons. The lowest BCUT2D eigenvalue weighted by Crippen LogP contribution is -2.24. The van der Waals surface area contributed by atoms with Gasteiger partial charge in [-0.3, -0.25) is 0 Å². The predicted octanol–water partition coefficient (Wildman–Crippen LogP) is 2.68. The van der Waals surface area contributed by atoms with Crippen molar-refractivity contribution in [2.75, 3.05) is 20.3 Å². The second-order valence-corrected chi connectivity index (χ2v) is 6.10. The highest BCUT2D eigenvalue weighted by Gasteiger charge is 2.26. The highest BCUT2D eigenvalue weighted by atomic mass is 79.9. The van der Waals surface area contributed by atoms with Crippen LogP contribution < -0.4 is 10.5 Å². The van der Waals surface area contributed by atoms with Crippen molar-refractivity contribution in [3.8, 4) is 11.4 Å². The minimum Gasteiger partial charge on any atom is -0.497 e. The maximum atomic E-state index is 6.41. The molecule has 112 valence electrons. The van der Waals surface area contributed by atoms with E-state index in [-0.39, 0.29) is 6.04 Å². The van der Waals surface area contributed by atoms with Crippen molar-refractivity contribution >= 4 is 15.9 Å². The molecule has 1 saturated heterocycles. The van der Waals surface area contributed by atoms with E-state index in [0.29, 0.717) is 12.5 Å². The van der Waals surface area contributed by atoms with E-state index in [1.165, 1.54) is 0 Å². The lowest BCUT2D eigenvalue weighted by atomic mass is 9.97. The third kappa shape index (κ3) is 2.97. The van der Waals surface area contributed by atoms with Gasteiger partial charge in [-0.25, -0.2) is 4.98 Å². The highest BCUT2D eigenvalue weighted by Crippen LogP contribution is 2.30. The number of ether oxygens (including phenoxy) is 2. The summed E-state index contributed by atoms with van der Waals surface area (Å²) in [6.07, 6.45) is 4.61. The van der Waals surface area contributed by atoms with E-state index in [4.69, 9.17) is 15.2 Å². The van der Waals surface area contributed by atoms with E-state index >= 15 is 0 Å². The number of aromatic nitrogens is 2. The molecule has 0 bridgehead atoms. The van der Waals surface area contributed by atoms with Crippen LogP contribution in [0.3, 0.4) is 0 Å². The predicted molar refractivity (Wildman–Crippen MR) is 83.7 cm³/mol. The van der Waals surface area contributed by atoms with Gasteiger partial charge in [0, 0.05) is 23.1 Å². The van der Waals surface area contributed by atoms with Crippen molar-refractivity contribution in [3.63, 3.8) is 0 Å². The van der Waals surface area contributed by atoms with Gasteiger partial charge in [-0.1, -0.05) is 15.9 Å². The quantitative estimate of drug-likeness (QED) is 0.919. The second-order valence-electron chi connectivity index (χ2n) is 5.19. The monoisotopic (exact) mass is 351 g/mol. The van der Waals surface area contributed by atoms with Crippen LogP contribution in [0.4, 0.5) is 0 Å². The summed E-state index contributed by atoms with van der Waals surface area (Å²) in [5.74, 6) is 1.13. The molecular weight excluding hydrogens is 334 g/mol. The fraction of sp³-hybridized carbons (Fsp3) is 0.400. The Balaban J connectivity index is 1.96. The molecule has 0 amide bonds. The van der Waals surface area contributed by atoms with Crippen LogP contribution in [0.1, 0.15) is 18.2 Å². The van der Waals surface area contributed by atoms with Crippen molar-refractivity contribution in [2.24, 2.45) is 11.7 Å². The Hall–Kier alpha value is -1.37. The molecule has 2 unspecified atom stereocenters. The first-order valence-electron chi connectivity index (χ1n) is 6.89. The smallest absolute Gasteiger partial charge is 0.122 e. The van der Waals surface area contributed by atoms with Gasteiger partial charge in [0.05, 0.1) is 43.7 Å². The average molecular weight is 352 g/mol. The Morgan fingerprint density at radius 3 is 3.05 bits per heavy atom. The van der Waals surface area contributed by atoms with Gasteiger partial charge < -0.3 is 19.8 Å². The summed E-state index contributed by atoms with van der Waals surface area (Å²) >= 11 is 3.50. The molecule has 1 aliphatic rings. The zero-order chi connectivity index (χ0) is 14.8. The zero-order valence-corrected chi connectivity index (χ0v) is 13.4. The summed E-state index contributed by atoms with van der Waals surface area (Å²) in [4.78, 5) is 4.26. The van der Waals surface area contributed by atoms with Crippen LogP contribution in [-0.4, -0.2) is 29.9 Å². The van der Waals surface area contributed by atoms with E-state index in [2.05, 4.69) is 20.9 Å². The van der Waals surface area contributed by atoms with Crippen LogP contribution in [0.5, 0.6) is 5.75 Å². The van der Waals surface area contributed by atoms with Gasteiger partial charge in [-0.05, 0) is 18.6 Å². The Morgan fingerprint density at radius 1 is 1.48 bits per heavy atom. The highest BCUT2D eigenvalue weighted by molar-refractivity contribution is 9.10. The molecule has 1 aliphatic heterocycles. The fourth-order valence-corrected chi connectivity index (χ4v) is 3.11. The van der Waals surface area contributed by atoms with Gasteiger partial charge in [0.15, 0.2) is 0 Å². The zero-order valence-electron chi connectivity index (χ0n) is 11.8. The van der Waals surface area contributed by atoms with Crippen molar-refractivity contribution in [1.82, 2.24) is 9.55 Å². The minimum atomic E-state index is -0.0834. The summed E-state index contributed by atoms with van der Waals surface area (Å²) in [5.41, 5.74) is 8.37. The number of nitrogens with zero attached hydrogens (tertiary/aromatic N) is 2. The SMILES string of the molecule is COc1cc(Br)cc(-n2cncc2C(N)C2CCOC2)c1. The van der Waals surface area contributed by atoms with E-state index in [9.17, 15) is 0 Å². The molecule has 1 aromatic heterocycles. The number of methoxy groups -OCH3 is 1. The van der Waals surface area contributed by atoms with Gasteiger partial charge in [-0.2, -0.15) is 0 Å². The largest absolute Gasteiger partial charge is 0.497 e. The van der Waals surface area contributed by atoms with Crippen molar-refractivity contribution < 1.29 is 9.47 Å². The number of imidazole rings is 1. The summed E-state index contributed by atoms with van der Waals surface area (Å²) < 4.78 is 13.7. The van der Waals surface area contributed by atoms with Gasteiger partial charge in [0.2, 0.25) is 0 Å². The lowest BCUT2D eigenvalue weighted by Gasteiger charge is -2.19. The van der Waals surface area contributed by atoms with E-state index in [1.807, 2.05) is 29.0 Å². The Labute approximate surface area is 132 Å². The van der Waals surface area contributed by atoms with Crippen molar-refractivity contribution in [1.29, 1.82) is 0 Å². The molecule has 3 rings (SSSR count). The molecule has 6 heteroatoms. The standard InChI is InChI=1S/C15H18BrN3O2/c1-20-13-5-11(16)4-12(6-13)19-9-18-7-14(19)15(17)10-2-3-21-8-10/h4-7,9-10,15H,2-3,8,17H2,1H3. The average Bonchev–Trinajstić information content (AvgIpc) is 3.17. The second kappa shape index (κ2) is 6.17. The lowest BCUT2D eigenvalue weighted by molar-refractivity contribution is 0.180. The number of rotatable bonds is 4. The minimum absolute atomic E-state index is 0.0834. The Bertz CT molecular complexity index is 623. The summed E-state index contributed by atoms with van der Waals surface area (Å²) in [6.45, 7) is 1.51. The van der Waals surface area contributed by atoms with Crippen LogP contribution in [0, 0.1) is 5.92 Å². The normalized spacial score (nSPS) is 19.7. The number of nitrogens with two attached hydrogens (primary N) is 1. The molecule has 2 aromatic rings. The summed E-state index contributed by atoms with van der Waals surface area (Å²) in [7, 11) is 1.65. The maximum absolute atomic E-state index is 6.41.